The van der Waals surface area contributed by atoms with E-state index in [4.69, 9.17) is 5.26 Å². The number of aryl methyl sites for hydroxylation is 1. The molecule has 1 aliphatic rings. The fourth-order valence-electron chi connectivity index (χ4n) is 3.12. The van der Waals surface area contributed by atoms with Crippen molar-refractivity contribution in [1.29, 1.82) is 5.26 Å². The summed E-state index contributed by atoms with van der Waals surface area (Å²) in [5.41, 5.74) is 4.15. The van der Waals surface area contributed by atoms with Crippen LogP contribution in [0.5, 0.6) is 0 Å². The minimum atomic E-state index is -0.134. The van der Waals surface area contributed by atoms with Crippen LogP contribution in [-0.4, -0.2) is 24.9 Å². The third-order valence-corrected chi connectivity index (χ3v) is 4.25. The van der Waals surface area contributed by atoms with Gasteiger partial charge in [0.15, 0.2) is 0 Å². The number of nitriles is 1. The number of rotatable bonds is 4. The van der Waals surface area contributed by atoms with Gasteiger partial charge in [0.05, 0.1) is 18.2 Å². The van der Waals surface area contributed by atoms with E-state index in [0.29, 0.717) is 16.9 Å². The fraction of sp³-hybridized carbons (Fsp3) is 0.250. The minimum absolute atomic E-state index is 0.102. The molecule has 0 aromatic heterocycles. The van der Waals surface area contributed by atoms with E-state index in [1.807, 2.05) is 17.0 Å². The van der Waals surface area contributed by atoms with E-state index in [9.17, 15) is 9.59 Å². The zero-order valence-electron chi connectivity index (χ0n) is 14.6. The molecule has 132 valence electrons. The van der Waals surface area contributed by atoms with Gasteiger partial charge in [0.25, 0.3) is 0 Å². The first-order valence-corrected chi connectivity index (χ1v) is 8.50. The molecule has 2 aromatic rings. The van der Waals surface area contributed by atoms with Crippen LogP contribution in [0.1, 0.15) is 24.5 Å². The van der Waals surface area contributed by atoms with Crippen molar-refractivity contribution in [3.05, 3.63) is 53.6 Å². The molecule has 0 fully saturated rings. The Bertz CT molecular complexity index is 868. The predicted octanol–water partition coefficient (Wildman–Crippen LogP) is 2.91. The van der Waals surface area contributed by atoms with Gasteiger partial charge in [-0.15, -0.1) is 0 Å². The molecule has 0 aliphatic carbocycles. The summed E-state index contributed by atoms with van der Waals surface area (Å²) in [6, 6.07) is 14.8. The van der Waals surface area contributed by atoms with Crippen LogP contribution in [-0.2, 0) is 16.0 Å². The van der Waals surface area contributed by atoms with Crippen LogP contribution in [0.4, 0.5) is 17.1 Å². The standard InChI is InChI=1S/C20H20N4O2/c1-14(25)22-17-5-7-18(8-6-17)23-20(26)13-24-10-2-3-16-11-15(12-21)4-9-19(16)24/h4-9,11H,2-3,10,13H2,1H3,(H,22,25)(H,23,26). The van der Waals surface area contributed by atoms with Gasteiger partial charge in [-0.2, -0.15) is 5.26 Å². The maximum atomic E-state index is 12.4. The topological polar surface area (TPSA) is 85.2 Å². The zero-order chi connectivity index (χ0) is 18.5. The molecule has 26 heavy (non-hydrogen) atoms. The van der Waals surface area contributed by atoms with Crippen LogP contribution in [0.2, 0.25) is 0 Å². The molecular formula is C20H20N4O2. The highest BCUT2D eigenvalue weighted by molar-refractivity contribution is 5.95. The van der Waals surface area contributed by atoms with Crippen molar-refractivity contribution in [2.45, 2.75) is 19.8 Å². The number of amides is 2. The van der Waals surface area contributed by atoms with Crippen LogP contribution in [0.15, 0.2) is 42.5 Å². The van der Waals surface area contributed by atoms with Gasteiger partial charge >= 0.3 is 0 Å². The summed E-state index contributed by atoms with van der Waals surface area (Å²) < 4.78 is 0. The lowest BCUT2D eigenvalue weighted by Gasteiger charge is -2.30. The predicted molar refractivity (Wildman–Crippen MR) is 101 cm³/mol. The second kappa shape index (κ2) is 7.70. The third-order valence-electron chi connectivity index (χ3n) is 4.25. The van der Waals surface area contributed by atoms with E-state index in [2.05, 4.69) is 16.7 Å². The number of hydrogen-bond donors (Lipinski definition) is 2. The lowest BCUT2D eigenvalue weighted by atomic mass is 9.99. The van der Waals surface area contributed by atoms with Gasteiger partial charge in [0.1, 0.15) is 0 Å². The van der Waals surface area contributed by atoms with Gasteiger partial charge in [0.2, 0.25) is 11.8 Å². The van der Waals surface area contributed by atoms with Gasteiger partial charge in [-0.05, 0) is 60.9 Å². The highest BCUT2D eigenvalue weighted by atomic mass is 16.2. The largest absolute Gasteiger partial charge is 0.362 e. The summed E-state index contributed by atoms with van der Waals surface area (Å²) in [7, 11) is 0. The van der Waals surface area contributed by atoms with Crippen LogP contribution < -0.4 is 15.5 Å². The maximum Gasteiger partial charge on any atom is 0.243 e. The average molecular weight is 348 g/mol. The first kappa shape index (κ1) is 17.5. The summed E-state index contributed by atoms with van der Waals surface area (Å²) >= 11 is 0. The van der Waals surface area contributed by atoms with Crippen LogP contribution in [0, 0.1) is 11.3 Å². The number of benzene rings is 2. The molecule has 0 bridgehead atoms. The van der Waals surface area contributed by atoms with Crippen molar-refractivity contribution in [2.75, 3.05) is 28.6 Å². The Morgan fingerprint density at radius 2 is 1.81 bits per heavy atom. The first-order valence-electron chi connectivity index (χ1n) is 8.50. The van der Waals surface area contributed by atoms with E-state index in [0.717, 1.165) is 30.6 Å². The zero-order valence-corrected chi connectivity index (χ0v) is 14.6. The molecule has 0 radical (unpaired) electrons. The summed E-state index contributed by atoms with van der Waals surface area (Å²) in [5.74, 6) is -0.236. The summed E-state index contributed by atoms with van der Waals surface area (Å²) in [6.45, 7) is 2.52. The lowest BCUT2D eigenvalue weighted by Crippen LogP contribution is -2.36. The summed E-state index contributed by atoms with van der Waals surface area (Å²) in [4.78, 5) is 25.5. The third kappa shape index (κ3) is 4.19. The smallest absolute Gasteiger partial charge is 0.243 e. The average Bonchev–Trinajstić information content (AvgIpc) is 2.62. The van der Waals surface area contributed by atoms with Crippen molar-refractivity contribution in [2.24, 2.45) is 0 Å². The van der Waals surface area contributed by atoms with E-state index in [1.54, 1.807) is 30.3 Å². The van der Waals surface area contributed by atoms with Gasteiger partial charge in [0, 0.05) is 30.5 Å². The van der Waals surface area contributed by atoms with Crippen molar-refractivity contribution >= 4 is 28.9 Å². The Hall–Kier alpha value is -3.33. The van der Waals surface area contributed by atoms with Crippen molar-refractivity contribution < 1.29 is 9.59 Å². The number of hydrogen-bond acceptors (Lipinski definition) is 4. The Labute approximate surface area is 152 Å². The molecule has 6 heteroatoms. The molecule has 1 aliphatic heterocycles. The molecule has 0 saturated heterocycles. The monoisotopic (exact) mass is 348 g/mol. The number of nitrogens with one attached hydrogen (secondary N) is 2. The molecule has 6 nitrogen and oxygen atoms in total. The highest BCUT2D eigenvalue weighted by Gasteiger charge is 2.19. The van der Waals surface area contributed by atoms with Gasteiger partial charge in [-0.1, -0.05) is 0 Å². The Kier molecular flexibility index (Phi) is 5.18. The molecular weight excluding hydrogens is 328 g/mol. The van der Waals surface area contributed by atoms with Crippen molar-refractivity contribution in [1.82, 2.24) is 0 Å². The Morgan fingerprint density at radius 1 is 1.12 bits per heavy atom. The summed E-state index contributed by atoms with van der Waals surface area (Å²) in [5, 5.41) is 14.6. The Morgan fingerprint density at radius 3 is 2.46 bits per heavy atom. The van der Waals surface area contributed by atoms with Gasteiger partial charge < -0.3 is 15.5 Å². The molecule has 0 saturated carbocycles. The molecule has 2 N–H and O–H groups in total. The normalized spacial score (nSPS) is 12.7. The van der Waals surface area contributed by atoms with Crippen LogP contribution in [0.3, 0.4) is 0 Å². The Balaban J connectivity index is 1.64. The first-order chi connectivity index (χ1) is 12.5. The van der Waals surface area contributed by atoms with E-state index in [1.165, 1.54) is 6.92 Å². The number of carbonyl (C=O) groups excluding carboxylic acids is 2. The van der Waals surface area contributed by atoms with Crippen molar-refractivity contribution in [3.8, 4) is 6.07 Å². The second-order valence-electron chi connectivity index (χ2n) is 6.29. The number of fused-ring (bicyclic) bond motifs is 1. The molecule has 2 amide bonds. The van der Waals surface area contributed by atoms with E-state index >= 15 is 0 Å². The quantitative estimate of drug-likeness (QED) is 0.890. The van der Waals surface area contributed by atoms with E-state index in [-0.39, 0.29) is 18.4 Å². The number of anilines is 3. The number of carbonyl (C=O) groups is 2. The van der Waals surface area contributed by atoms with Gasteiger partial charge in [-0.3, -0.25) is 9.59 Å². The summed E-state index contributed by atoms with van der Waals surface area (Å²) in [6.07, 6.45) is 1.88. The van der Waals surface area contributed by atoms with Crippen LogP contribution in [0.25, 0.3) is 0 Å². The highest BCUT2D eigenvalue weighted by Crippen LogP contribution is 2.27. The number of nitrogens with zero attached hydrogens (tertiary/aromatic N) is 2. The molecule has 2 aromatic carbocycles. The van der Waals surface area contributed by atoms with E-state index < -0.39 is 0 Å². The molecule has 0 unspecified atom stereocenters. The minimum Gasteiger partial charge on any atom is -0.362 e. The second-order valence-corrected chi connectivity index (χ2v) is 6.29. The SMILES string of the molecule is CC(=O)Nc1ccc(NC(=O)CN2CCCc3cc(C#N)ccc32)cc1. The molecule has 0 atom stereocenters. The lowest BCUT2D eigenvalue weighted by molar-refractivity contribution is -0.115. The fourth-order valence-corrected chi connectivity index (χ4v) is 3.12. The van der Waals surface area contributed by atoms with Gasteiger partial charge in [-0.25, -0.2) is 0 Å². The van der Waals surface area contributed by atoms with Crippen LogP contribution >= 0.6 is 0 Å². The molecule has 3 rings (SSSR count). The molecule has 0 spiro atoms. The molecule has 1 heterocycles. The van der Waals surface area contributed by atoms with Crippen molar-refractivity contribution in [3.63, 3.8) is 0 Å². The maximum absolute atomic E-state index is 12.4.